The highest BCUT2D eigenvalue weighted by Crippen LogP contribution is 2.20. The summed E-state index contributed by atoms with van der Waals surface area (Å²) in [5.41, 5.74) is 0. The van der Waals surface area contributed by atoms with Crippen LogP contribution in [0.2, 0.25) is 0 Å². The second-order valence-corrected chi connectivity index (χ2v) is 4.30. The molecule has 0 rings (SSSR count). The fraction of sp³-hybridized carbons (Fsp3) is 0.909. The van der Waals surface area contributed by atoms with Crippen molar-refractivity contribution >= 4 is 0 Å². The van der Waals surface area contributed by atoms with E-state index in [9.17, 15) is 0 Å². The van der Waals surface area contributed by atoms with E-state index < -0.39 is 0 Å². The maximum Gasteiger partial charge on any atom is -0.0471 e. The molecule has 0 fully saturated rings. The van der Waals surface area contributed by atoms with Crippen LogP contribution in [0.3, 0.4) is 0 Å². The van der Waals surface area contributed by atoms with Gasteiger partial charge in [-0.3, -0.25) is 0 Å². The predicted molar refractivity (Wildman–Crippen MR) is 52.4 cm³/mol. The Balaban J connectivity index is 3.24. The SMILES string of the molecule is C[C-](C)C(C)CCCC(C)C. The highest BCUT2D eigenvalue weighted by Gasteiger charge is 1.97. The van der Waals surface area contributed by atoms with Crippen molar-refractivity contribution in [2.75, 3.05) is 0 Å². The third-order valence-electron chi connectivity index (χ3n) is 2.40. The van der Waals surface area contributed by atoms with Gasteiger partial charge in [0.15, 0.2) is 0 Å². The van der Waals surface area contributed by atoms with E-state index in [4.69, 9.17) is 0 Å². The lowest BCUT2D eigenvalue weighted by Crippen LogP contribution is -2.02. The molecule has 0 amide bonds. The van der Waals surface area contributed by atoms with Crippen molar-refractivity contribution in [1.82, 2.24) is 0 Å². The summed E-state index contributed by atoms with van der Waals surface area (Å²) in [6.45, 7) is 11.4. The second kappa shape index (κ2) is 5.62. The minimum Gasteiger partial charge on any atom is -0.317 e. The average Bonchev–Trinajstić information content (AvgIpc) is 1.86. The Morgan fingerprint density at radius 1 is 1.00 bits per heavy atom. The first-order chi connectivity index (χ1) is 5.04. The highest BCUT2D eigenvalue weighted by atomic mass is 14.1. The zero-order valence-corrected chi connectivity index (χ0v) is 8.78. The number of rotatable bonds is 5. The van der Waals surface area contributed by atoms with Crippen LogP contribution in [-0.4, -0.2) is 0 Å². The molecule has 0 saturated carbocycles. The van der Waals surface area contributed by atoms with Gasteiger partial charge in [0.1, 0.15) is 0 Å². The Hall–Kier alpha value is 0. The summed E-state index contributed by atoms with van der Waals surface area (Å²) in [5.74, 6) is 3.28. The zero-order valence-electron chi connectivity index (χ0n) is 8.78. The predicted octanol–water partition coefficient (Wildman–Crippen LogP) is 4.06. The van der Waals surface area contributed by atoms with Crippen LogP contribution >= 0.6 is 0 Å². The summed E-state index contributed by atoms with van der Waals surface area (Å²) in [4.78, 5) is 0. The number of hydrogen-bond donors (Lipinski definition) is 0. The van der Waals surface area contributed by atoms with Crippen molar-refractivity contribution in [2.45, 2.75) is 53.9 Å². The summed E-state index contributed by atoms with van der Waals surface area (Å²) in [5, 5.41) is 0. The summed E-state index contributed by atoms with van der Waals surface area (Å²) in [7, 11) is 0. The quantitative estimate of drug-likeness (QED) is 0.525. The van der Waals surface area contributed by atoms with Crippen molar-refractivity contribution in [1.29, 1.82) is 0 Å². The standard InChI is InChI=1S/C11H23/c1-9(2)7-6-8-11(5)10(3)4/h9,11H,6-8H2,1-5H3/q-1. The lowest BCUT2D eigenvalue weighted by Gasteiger charge is -2.27. The van der Waals surface area contributed by atoms with Crippen molar-refractivity contribution < 1.29 is 0 Å². The first kappa shape index (κ1) is 11.0. The van der Waals surface area contributed by atoms with E-state index in [0.717, 1.165) is 11.8 Å². The minimum absolute atomic E-state index is 0.828. The fourth-order valence-electron chi connectivity index (χ4n) is 1.12. The van der Waals surface area contributed by atoms with Crippen LogP contribution in [0.25, 0.3) is 0 Å². The molecule has 0 aromatic rings. The van der Waals surface area contributed by atoms with Crippen LogP contribution < -0.4 is 0 Å². The molecule has 0 aliphatic rings. The average molecular weight is 155 g/mol. The van der Waals surface area contributed by atoms with Gasteiger partial charge in [-0.15, -0.1) is 0 Å². The molecule has 68 valence electrons. The zero-order chi connectivity index (χ0) is 8.85. The van der Waals surface area contributed by atoms with Crippen molar-refractivity contribution in [3.05, 3.63) is 5.92 Å². The maximum atomic E-state index is 2.33. The van der Waals surface area contributed by atoms with E-state index in [1.54, 1.807) is 5.92 Å². The molecule has 0 aromatic carbocycles. The van der Waals surface area contributed by atoms with Gasteiger partial charge in [-0.2, -0.15) is 19.8 Å². The Kier molecular flexibility index (Phi) is 5.62. The summed E-state index contributed by atoms with van der Waals surface area (Å²) in [6, 6.07) is 0. The molecule has 0 radical (unpaired) electrons. The van der Waals surface area contributed by atoms with Gasteiger partial charge in [0.2, 0.25) is 0 Å². The lowest BCUT2D eigenvalue weighted by molar-refractivity contribution is 0.468. The Morgan fingerprint density at radius 3 is 1.91 bits per heavy atom. The highest BCUT2D eigenvalue weighted by molar-refractivity contribution is 4.83. The molecule has 0 aliphatic carbocycles. The van der Waals surface area contributed by atoms with E-state index in [-0.39, 0.29) is 0 Å². The molecule has 0 heteroatoms. The van der Waals surface area contributed by atoms with Gasteiger partial charge >= 0.3 is 0 Å². The van der Waals surface area contributed by atoms with Crippen LogP contribution in [-0.2, 0) is 0 Å². The monoisotopic (exact) mass is 155 g/mol. The molecule has 0 saturated heterocycles. The van der Waals surface area contributed by atoms with E-state index >= 15 is 0 Å². The molecule has 0 nitrogen and oxygen atoms in total. The molecule has 11 heavy (non-hydrogen) atoms. The summed E-state index contributed by atoms with van der Waals surface area (Å²) >= 11 is 0. The van der Waals surface area contributed by atoms with Crippen molar-refractivity contribution in [3.63, 3.8) is 0 Å². The normalized spacial score (nSPS) is 14.5. The van der Waals surface area contributed by atoms with E-state index in [2.05, 4.69) is 34.6 Å². The molecule has 0 N–H and O–H groups in total. The van der Waals surface area contributed by atoms with Crippen LogP contribution in [0, 0.1) is 17.8 Å². The minimum atomic E-state index is 0.828. The fourth-order valence-corrected chi connectivity index (χ4v) is 1.12. The van der Waals surface area contributed by atoms with Crippen LogP contribution in [0.15, 0.2) is 0 Å². The van der Waals surface area contributed by atoms with Crippen LogP contribution in [0.5, 0.6) is 0 Å². The van der Waals surface area contributed by atoms with Gasteiger partial charge < -0.3 is 5.92 Å². The molecule has 1 unspecified atom stereocenters. The molecular weight excluding hydrogens is 132 g/mol. The third kappa shape index (κ3) is 6.40. The second-order valence-electron chi connectivity index (χ2n) is 4.30. The Morgan fingerprint density at radius 2 is 1.55 bits per heavy atom. The van der Waals surface area contributed by atoms with Gasteiger partial charge in [0.25, 0.3) is 0 Å². The largest absolute Gasteiger partial charge is 0.317 e. The van der Waals surface area contributed by atoms with Gasteiger partial charge in [-0.1, -0.05) is 40.0 Å². The molecule has 0 spiro atoms. The smallest absolute Gasteiger partial charge is 0.0471 e. The van der Waals surface area contributed by atoms with Gasteiger partial charge in [-0.25, -0.2) is 0 Å². The molecular formula is C11H23-. The van der Waals surface area contributed by atoms with Gasteiger partial charge in [0.05, 0.1) is 0 Å². The molecule has 1 atom stereocenters. The molecule has 0 aliphatic heterocycles. The summed E-state index contributed by atoms with van der Waals surface area (Å²) in [6.07, 6.45) is 4.15. The summed E-state index contributed by atoms with van der Waals surface area (Å²) < 4.78 is 0. The molecule has 0 heterocycles. The molecule has 0 bridgehead atoms. The van der Waals surface area contributed by atoms with Gasteiger partial charge in [0, 0.05) is 0 Å². The van der Waals surface area contributed by atoms with E-state index in [1.165, 1.54) is 19.3 Å². The number of hydrogen-bond acceptors (Lipinski definition) is 0. The molecule has 0 aromatic heterocycles. The van der Waals surface area contributed by atoms with Gasteiger partial charge in [-0.05, 0) is 5.92 Å². The van der Waals surface area contributed by atoms with Crippen molar-refractivity contribution in [3.8, 4) is 0 Å². The van der Waals surface area contributed by atoms with E-state index in [0.29, 0.717) is 0 Å². The Labute approximate surface area is 72.4 Å². The van der Waals surface area contributed by atoms with E-state index in [1.807, 2.05) is 0 Å². The lowest BCUT2D eigenvalue weighted by atomic mass is 9.91. The van der Waals surface area contributed by atoms with Crippen LogP contribution in [0.1, 0.15) is 53.9 Å². The maximum absolute atomic E-state index is 2.33. The first-order valence-electron chi connectivity index (χ1n) is 4.84. The third-order valence-corrected chi connectivity index (χ3v) is 2.40. The van der Waals surface area contributed by atoms with Crippen LogP contribution in [0.4, 0.5) is 0 Å². The Bertz CT molecular complexity index is 82.0. The first-order valence-corrected chi connectivity index (χ1v) is 4.84. The topological polar surface area (TPSA) is 0 Å². The van der Waals surface area contributed by atoms with Crippen molar-refractivity contribution in [2.24, 2.45) is 11.8 Å².